The largest absolute Gasteiger partial charge is 0.493 e. The van der Waals surface area contributed by atoms with E-state index in [4.69, 9.17) is 9.47 Å². The van der Waals surface area contributed by atoms with Crippen LogP contribution < -0.4 is 20.1 Å². The van der Waals surface area contributed by atoms with Crippen LogP contribution in [0, 0.1) is 11.3 Å². The number of carbonyl (C=O) groups excluding carboxylic acids is 1. The molecule has 6 heteroatoms. The monoisotopic (exact) mass is 407 g/mol. The van der Waals surface area contributed by atoms with Crippen molar-refractivity contribution >= 4 is 5.91 Å². The Kier molecular flexibility index (Phi) is 8.76. The summed E-state index contributed by atoms with van der Waals surface area (Å²) in [5.74, 6) is 0.896. The summed E-state index contributed by atoms with van der Waals surface area (Å²) in [5.41, 5.74) is 3.40. The highest BCUT2D eigenvalue weighted by Crippen LogP contribution is 2.27. The molecule has 30 heavy (non-hydrogen) atoms. The van der Waals surface area contributed by atoms with Gasteiger partial charge in [-0.15, -0.1) is 0 Å². The predicted octanol–water partition coefficient (Wildman–Crippen LogP) is 3.68. The van der Waals surface area contributed by atoms with Gasteiger partial charge in [0.2, 0.25) is 0 Å². The minimum Gasteiger partial charge on any atom is -0.493 e. The van der Waals surface area contributed by atoms with Crippen LogP contribution in [-0.2, 0) is 17.6 Å². The molecule has 0 spiro atoms. The molecule has 0 bridgehead atoms. The number of nitrogens with zero attached hydrogens (tertiary/aromatic N) is 1. The lowest BCUT2D eigenvalue weighted by molar-refractivity contribution is -0.117. The molecule has 2 aromatic rings. The zero-order valence-corrected chi connectivity index (χ0v) is 18.0. The Morgan fingerprint density at radius 2 is 1.77 bits per heavy atom. The first kappa shape index (κ1) is 22.8. The molecule has 0 aliphatic heterocycles. The van der Waals surface area contributed by atoms with Crippen molar-refractivity contribution < 1.29 is 14.3 Å². The first-order valence-corrected chi connectivity index (χ1v) is 9.96. The van der Waals surface area contributed by atoms with Gasteiger partial charge in [0, 0.05) is 18.8 Å². The Morgan fingerprint density at radius 1 is 1.10 bits per heavy atom. The maximum absolute atomic E-state index is 12.3. The van der Waals surface area contributed by atoms with E-state index in [2.05, 4.69) is 41.8 Å². The average Bonchev–Trinajstić information content (AvgIpc) is 2.79. The standard InChI is InChI=1S/C24H29N3O3/c1-5-18-6-9-20(10-7-18)17(2)27-16-21(15-25)24(28)26-13-12-19-8-11-22(29-3)23(14-19)30-4/h6-11,14,16-17,27H,5,12-13H2,1-4H3,(H,26,28)/b21-16-. The van der Waals surface area contributed by atoms with Crippen LogP contribution in [0.25, 0.3) is 0 Å². The second-order valence-electron chi connectivity index (χ2n) is 6.85. The Labute approximate surface area is 178 Å². The van der Waals surface area contributed by atoms with Gasteiger partial charge >= 0.3 is 0 Å². The van der Waals surface area contributed by atoms with Crippen LogP contribution in [0.3, 0.4) is 0 Å². The van der Waals surface area contributed by atoms with Gasteiger partial charge in [0.1, 0.15) is 11.6 Å². The third kappa shape index (κ3) is 6.28. The fraction of sp³-hybridized carbons (Fsp3) is 0.333. The van der Waals surface area contributed by atoms with E-state index in [9.17, 15) is 10.1 Å². The number of nitriles is 1. The number of methoxy groups -OCH3 is 2. The molecule has 0 saturated heterocycles. The number of hydrogen-bond donors (Lipinski definition) is 2. The fourth-order valence-corrected chi connectivity index (χ4v) is 2.95. The summed E-state index contributed by atoms with van der Waals surface area (Å²) < 4.78 is 10.5. The second-order valence-corrected chi connectivity index (χ2v) is 6.85. The van der Waals surface area contributed by atoms with Crippen molar-refractivity contribution in [3.05, 3.63) is 70.9 Å². The highest BCUT2D eigenvalue weighted by atomic mass is 16.5. The first-order valence-electron chi connectivity index (χ1n) is 9.96. The van der Waals surface area contributed by atoms with E-state index < -0.39 is 5.91 Å². The van der Waals surface area contributed by atoms with E-state index in [0.717, 1.165) is 17.5 Å². The molecular weight excluding hydrogens is 378 g/mol. The number of ether oxygens (including phenoxy) is 2. The molecule has 2 aromatic carbocycles. The van der Waals surface area contributed by atoms with E-state index >= 15 is 0 Å². The van der Waals surface area contributed by atoms with Gasteiger partial charge in [-0.05, 0) is 48.6 Å². The lowest BCUT2D eigenvalue weighted by atomic mass is 10.1. The topological polar surface area (TPSA) is 83.4 Å². The molecular formula is C24H29N3O3. The quantitative estimate of drug-likeness (QED) is 0.464. The van der Waals surface area contributed by atoms with Gasteiger partial charge < -0.3 is 20.1 Å². The van der Waals surface area contributed by atoms with E-state index in [1.165, 1.54) is 11.8 Å². The van der Waals surface area contributed by atoms with E-state index in [1.54, 1.807) is 14.2 Å². The molecule has 2 N–H and O–H groups in total. The van der Waals surface area contributed by atoms with Crippen molar-refractivity contribution in [1.29, 1.82) is 5.26 Å². The highest BCUT2D eigenvalue weighted by molar-refractivity contribution is 5.97. The zero-order chi connectivity index (χ0) is 21.9. The summed E-state index contributed by atoms with van der Waals surface area (Å²) in [6, 6.07) is 15.8. The van der Waals surface area contributed by atoms with Crippen molar-refractivity contribution in [1.82, 2.24) is 10.6 Å². The minimum atomic E-state index is -0.404. The molecule has 1 unspecified atom stereocenters. The minimum absolute atomic E-state index is 0.0150. The van der Waals surface area contributed by atoms with E-state index in [-0.39, 0.29) is 11.6 Å². The number of carbonyl (C=O) groups is 1. The first-order chi connectivity index (χ1) is 14.5. The predicted molar refractivity (Wildman–Crippen MR) is 117 cm³/mol. The molecule has 0 radical (unpaired) electrons. The van der Waals surface area contributed by atoms with Crippen LogP contribution in [0.5, 0.6) is 11.5 Å². The van der Waals surface area contributed by atoms with Crippen LogP contribution in [0.4, 0.5) is 0 Å². The van der Waals surface area contributed by atoms with Crippen molar-refractivity contribution in [2.75, 3.05) is 20.8 Å². The van der Waals surface area contributed by atoms with Crippen LogP contribution in [0.1, 0.15) is 36.6 Å². The van der Waals surface area contributed by atoms with Crippen molar-refractivity contribution in [2.24, 2.45) is 0 Å². The maximum Gasteiger partial charge on any atom is 0.263 e. The van der Waals surface area contributed by atoms with Gasteiger partial charge in [-0.25, -0.2) is 0 Å². The summed E-state index contributed by atoms with van der Waals surface area (Å²) in [5, 5.41) is 15.3. The van der Waals surface area contributed by atoms with Crippen LogP contribution in [0.15, 0.2) is 54.2 Å². The van der Waals surface area contributed by atoms with Crippen molar-refractivity contribution in [2.45, 2.75) is 32.7 Å². The van der Waals surface area contributed by atoms with Gasteiger partial charge in [0.15, 0.2) is 11.5 Å². The number of hydrogen-bond acceptors (Lipinski definition) is 5. The SMILES string of the molecule is CCc1ccc(C(C)N/C=C(/C#N)C(=O)NCCc2ccc(OC)c(OC)c2)cc1. The van der Waals surface area contributed by atoms with E-state index in [1.807, 2.05) is 31.2 Å². The summed E-state index contributed by atoms with van der Waals surface area (Å²) in [7, 11) is 3.17. The average molecular weight is 408 g/mol. The van der Waals surface area contributed by atoms with E-state index in [0.29, 0.717) is 24.5 Å². The Hall–Kier alpha value is -3.46. The molecule has 0 aliphatic carbocycles. The molecule has 1 amide bonds. The van der Waals surface area contributed by atoms with Crippen molar-refractivity contribution in [3.63, 3.8) is 0 Å². The highest BCUT2D eigenvalue weighted by Gasteiger charge is 2.11. The molecule has 0 fully saturated rings. The Bertz CT molecular complexity index is 914. The fourth-order valence-electron chi connectivity index (χ4n) is 2.95. The van der Waals surface area contributed by atoms with Gasteiger partial charge in [-0.1, -0.05) is 37.3 Å². The molecule has 0 aromatic heterocycles. The summed E-state index contributed by atoms with van der Waals surface area (Å²) in [4.78, 5) is 12.3. The number of rotatable bonds is 10. The Morgan fingerprint density at radius 3 is 2.37 bits per heavy atom. The van der Waals surface area contributed by atoms with Gasteiger partial charge in [-0.3, -0.25) is 4.79 Å². The molecule has 1 atom stereocenters. The molecule has 6 nitrogen and oxygen atoms in total. The van der Waals surface area contributed by atoms with Crippen LogP contribution in [-0.4, -0.2) is 26.7 Å². The smallest absolute Gasteiger partial charge is 0.263 e. The third-order valence-corrected chi connectivity index (χ3v) is 4.88. The number of benzene rings is 2. The van der Waals surface area contributed by atoms with Gasteiger partial charge in [-0.2, -0.15) is 5.26 Å². The van der Waals surface area contributed by atoms with Gasteiger partial charge in [0.05, 0.1) is 14.2 Å². The second kappa shape index (κ2) is 11.5. The Balaban J connectivity index is 1.90. The van der Waals surface area contributed by atoms with Crippen molar-refractivity contribution in [3.8, 4) is 17.6 Å². The molecule has 0 saturated carbocycles. The number of aryl methyl sites for hydroxylation is 1. The summed E-state index contributed by atoms with van der Waals surface area (Å²) in [6.45, 7) is 4.51. The van der Waals surface area contributed by atoms with Crippen LogP contribution >= 0.6 is 0 Å². The maximum atomic E-state index is 12.3. The molecule has 0 heterocycles. The summed E-state index contributed by atoms with van der Waals surface area (Å²) >= 11 is 0. The lowest BCUT2D eigenvalue weighted by Crippen LogP contribution is -2.28. The molecule has 2 rings (SSSR count). The molecule has 0 aliphatic rings. The number of nitrogens with one attached hydrogen (secondary N) is 2. The zero-order valence-electron chi connectivity index (χ0n) is 18.0. The van der Waals surface area contributed by atoms with Gasteiger partial charge in [0.25, 0.3) is 5.91 Å². The lowest BCUT2D eigenvalue weighted by Gasteiger charge is -2.13. The normalized spacial score (nSPS) is 11.9. The molecule has 158 valence electrons. The number of amides is 1. The third-order valence-electron chi connectivity index (χ3n) is 4.88. The van der Waals surface area contributed by atoms with Crippen LogP contribution in [0.2, 0.25) is 0 Å². The summed E-state index contributed by atoms with van der Waals surface area (Å²) in [6.07, 6.45) is 3.08.